The fourth-order valence-electron chi connectivity index (χ4n) is 2.68. The maximum Gasteiger partial charge on any atom is 0.323 e. The van der Waals surface area contributed by atoms with E-state index in [1.54, 1.807) is 0 Å². The average molecular weight is 290 g/mol. The van der Waals surface area contributed by atoms with Crippen LogP contribution >= 0.6 is 0 Å². The zero-order chi connectivity index (χ0) is 15.1. The van der Waals surface area contributed by atoms with Gasteiger partial charge in [0, 0.05) is 22.5 Å². The summed E-state index contributed by atoms with van der Waals surface area (Å²) in [5.74, 6) is 0. The molecule has 5 heteroatoms. The maximum absolute atomic E-state index is 11.3. The van der Waals surface area contributed by atoms with Crippen molar-refractivity contribution in [3.8, 4) is 0 Å². The number of para-hydroxylation sites is 1. The lowest BCUT2D eigenvalue weighted by Gasteiger charge is -2.11. The van der Waals surface area contributed by atoms with Gasteiger partial charge in [-0.1, -0.05) is 18.2 Å². The van der Waals surface area contributed by atoms with Crippen LogP contribution in [-0.2, 0) is 0 Å². The van der Waals surface area contributed by atoms with Crippen LogP contribution in [0, 0.1) is 6.92 Å². The largest absolute Gasteiger partial charge is 0.355 e. The molecule has 0 saturated heterocycles. The van der Waals surface area contributed by atoms with Crippen molar-refractivity contribution >= 4 is 33.3 Å². The van der Waals surface area contributed by atoms with Crippen LogP contribution in [0.15, 0.2) is 53.3 Å². The third-order valence-electron chi connectivity index (χ3n) is 3.64. The highest BCUT2D eigenvalue weighted by molar-refractivity contribution is 5.94. The van der Waals surface area contributed by atoms with Crippen molar-refractivity contribution in [1.29, 1.82) is 0 Å². The molecule has 0 fully saturated rings. The number of imidazole rings is 1. The molecule has 0 saturated carbocycles. The van der Waals surface area contributed by atoms with Crippen molar-refractivity contribution in [3.05, 3.63) is 64.7 Å². The summed E-state index contributed by atoms with van der Waals surface area (Å²) in [6.45, 7) is 1.98. The topological polar surface area (TPSA) is 73.6 Å². The maximum atomic E-state index is 11.3. The fraction of sp³-hybridized carbons (Fsp3) is 0.0588. The number of H-pyrrole nitrogens is 2. The second kappa shape index (κ2) is 4.73. The molecule has 2 aromatic heterocycles. The molecule has 5 nitrogen and oxygen atoms in total. The van der Waals surface area contributed by atoms with E-state index in [1.165, 1.54) is 0 Å². The lowest BCUT2D eigenvalue weighted by molar-refractivity contribution is 1.22. The Morgan fingerprint density at radius 2 is 1.82 bits per heavy atom. The molecule has 3 N–H and O–H groups in total. The first-order chi connectivity index (χ1) is 10.7. The Balaban J connectivity index is 1.83. The Labute approximate surface area is 126 Å². The molecule has 0 radical (unpaired) electrons. The van der Waals surface area contributed by atoms with E-state index in [1.807, 2.05) is 55.5 Å². The number of aryl methyl sites for hydroxylation is 1. The normalized spacial score (nSPS) is 11.1. The van der Waals surface area contributed by atoms with Crippen LogP contribution in [0.1, 0.15) is 5.69 Å². The second-order valence-corrected chi connectivity index (χ2v) is 5.29. The summed E-state index contributed by atoms with van der Waals surface area (Å²) in [6, 6.07) is 15.8. The van der Waals surface area contributed by atoms with Gasteiger partial charge >= 0.3 is 5.69 Å². The Bertz CT molecular complexity index is 1050. The van der Waals surface area contributed by atoms with Crippen molar-refractivity contribution in [2.45, 2.75) is 6.92 Å². The van der Waals surface area contributed by atoms with E-state index in [9.17, 15) is 4.79 Å². The number of nitrogens with one attached hydrogen (secondary N) is 3. The molecule has 0 amide bonds. The number of nitrogens with zero attached hydrogens (tertiary/aromatic N) is 1. The molecule has 0 aliphatic carbocycles. The van der Waals surface area contributed by atoms with Crippen molar-refractivity contribution in [1.82, 2.24) is 15.0 Å². The van der Waals surface area contributed by atoms with Crippen molar-refractivity contribution in [2.75, 3.05) is 5.32 Å². The molecule has 0 atom stereocenters. The number of hydrogen-bond acceptors (Lipinski definition) is 3. The van der Waals surface area contributed by atoms with Crippen LogP contribution in [0.25, 0.3) is 21.9 Å². The summed E-state index contributed by atoms with van der Waals surface area (Å²) < 4.78 is 0. The predicted molar refractivity (Wildman–Crippen MR) is 88.7 cm³/mol. The minimum absolute atomic E-state index is 0.197. The Kier molecular flexibility index (Phi) is 2.72. The van der Waals surface area contributed by atoms with E-state index in [2.05, 4.69) is 20.3 Å². The number of benzene rings is 2. The molecule has 0 bridgehead atoms. The minimum atomic E-state index is -0.197. The minimum Gasteiger partial charge on any atom is -0.355 e. The van der Waals surface area contributed by atoms with E-state index in [4.69, 9.17) is 0 Å². The summed E-state index contributed by atoms with van der Waals surface area (Å²) in [6.07, 6.45) is 0. The molecule has 22 heavy (non-hydrogen) atoms. The molecular weight excluding hydrogens is 276 g/mol. The van der Waals surface area contributed by atoms with E-state index in [-0.39, 0.29) is 5.69 Å². The molecule has 4 aromatic rings. The molecule has 0 aliphatic heterocycles. The van der Waals surface area contributed by atoms with Gasteiger partial charge in [0.1, 0.15) is 0 Å². The molecular formula is C17H14N4O. The number of rotatable bonds is 2. The van der Waals surface area contributed by atoms with E-state index < -0.39 is 0 Å². The van der Waals surface area contributed by atoms with Crippen LogP contribution in [0.4, 0.5) is 11.4 Å². The highest BCUT2D eigenvalue weighted by Gasteiger charge is 2.05. The Hall–Kier alpha value is -3.08. The van der Waals surface area contributed by atoms with Crippen molar-refractivity contribution < 1.29 is 0 Å². The number of pyridine rings is 1. The van der Waals surface area contributed by atoms with Crippen LogP contribution in [0.2, 0.25) is 0 Å². The highest BCUT2D eigenvalue weighted by atomic mass is 16.1. The zero-order valence-corrected chi connectivity index (χ0v) is 12.0. The van der Waals surface area contributed by atoms with Gasteiger partial charge in [0.05, 0.1) is 16.6 Å². The van der Waals surface area contributed by atoms with Crippen molar-refractivity contribution in [3.63, 3.8) is 0 Å². The van der Waals surface area contributed by atoms with Crippen LogP contribution in [0.5, 0.6) is 0 Å². The Morgan fingerprint density at radius 1 is 1.00 bits per heavy atom. The van der Waals surface area contributed by atoms with Crippen LogP contribution in [0.3, 0.4) is 0 Å². The zero-order valence-electron chi connectivity index (χ0n) is 12.0. The van der Waals surface area contributed by atoms with Gasteiger partial charge in [-0.15, -0.1) is 0 Å². The van der Waals surface area contributed by atoms with Gasteiger partial charge in [-0.2, -0.15) is 0 Å². The quantitative estimate of drug-likeness (QED) is 0.529. The first-order valence-corrected chi connectivity index (χ1v) is 7.04. The highest BCUT2D eigenvalue weighted by Crippen LogP contribution is 2.27. The van der Waals surface area contributed by atoms with E-state index >= 15 is 0 Å². The lowest BCUT2D eigenvalue weighted by Crippen LogP contribution is -1.99. The second-order valence-electron chi connectivity index (χ2n) is 5.29. The number of anilines is 2. The molecule has 4 rings (SSSR count). The third-order valence-corrected chi connectivity index (χ3v) is 3.64. The summed E-state index contributed by atoms with van der Waals surface area (Å²) in [4.78, 5) is 21.4. The van der Waals surface area contributed by atoms with Crippen molar-refractivity contribution in [2.24, 2.45) is 0 Å². The lowest BCUT2D eigenvalue weighted by atomic mass is 10.1. The molecule has 108 valence electrons. The summed E-state index contributed by atoms with van der Waals surface area (Å²) in [7, 11) is 0. The van der Waals surface area contributed by atoms with Crippen LogP contribution in [-0.4, -0.2) is 15.0 Å². The molecule has 0 aliphatic rings. The fourth-order valence-corrected chi connectivity index (χ4v) is 2.68. The van der Waals surface area contributed by atoms with E-state index in [0.29, 0.717) is 0 Å². The van der Waals surface area contributed by atoms with E-state index in [0.717, 1.165) is 39.0 Å². The third kappa shape index (κ3) is 2.13. The molecule has 0 spiro atoms. The first kappa shape index (κ1) is 12.6. The molecule has 2 heterocycles. The average Bonchev–Trinajstić information content (AvgIpc) is 2.86. The molecule has 2 aromatic carbocycles. The number of hydrogen-bond donors (Lipinski definition) is 3. The number of aromatic amines is 2. The van der Waals surface area contributed by atoms with Gasteiger partial charge < -0.3 is 15.3 Å². The van der Waals surface area contributed by atoms with Gasteiger partial charge in [0.25, 0.3) is 0 Å². The summed E-state index contributed by atoms with van der Waals surface area (Å²) >= 11 is 0. The SMILES string of the molecule is Cc1cc(Nc2ccc3[nH]c(=O)[nH]c3c2)c2ccccc2n1. The number of aromatic nitrogens is 3. The van der Waals surface area contributed by atoms with Gasteiger partial charge in [-0.05, 0) is 37.3 Å². The standard InChI is InChI=1S/C17H14N4O/c1-10-8-15(12-4-2-3-5-13(12)18-10)19-11-6-7-14-16(9-11)21-17(22)20-14/h2-9H,1H3,(H,18,19)(H2,20,21,22). The summed E-state index contributed by atoms with van der Waals surface area (Å²) in [5.41, 5.74) is 5.21. The summed E-state index contributed by atoms with van der Waals surface area (Å²) in [5, 5.41) is 4.48. The Morgan fingerprint density at radius 3 is 2.73 bits per heavy atom. The smallest absolute Gasteiger partial charge is 0.323 e. The van der Waals surface area contributed by atoms with Gasteiger partial charge in [0.2, 0.25) is 0 Å². The van der Waals surface area contributed by atoms with Crippen LogP contribution < -0.4 is 11.0 Å². The van der Waals surface area contributed by atoms with Gasteiger partial charge in [-0.3, -0.25) is 4.98 Å². The van der Waals surface area contributed by atoms with Gasteiger partial charge in [-0.25, -0.2) is 4.79 Å². The monoisotopic (exact) mass is 290 g/mol. The predicted octanol–water partition coefficient (Wildman–Crippen LogP) is 3.46. The first-order valence-electron chi connectivity index (χ1n) is 7.04. The molecule has 0 unspecified atom stereocenters. The van der Waals surface area contributed by atoms with Gasteiger partial charge in [0.15, 0.2) is 0 Å². The number of fused-ring (bicyclic) bond motifs is 2.